The Hall–Kier alpha value is -1.59. The number of halogens is 3. The molecule has 0 aliphatic heterocycles. The second-order valence-electron chi connectivity index (χ2n) is 2.98. The first kappa shape index (κ1) is 12.5. The maximum atomic E-state index is 13.2. The van der Waals surface area contributed by atoms with Crippen LogP contribution in [-0.2, 0) is 16.0 Å². The number of pyridine rings is 1. The van der Waals surface area contributed by atoms with Gasteiger partial charge in [-0.05, 0) is 13.0 Å². The maximum absolute atomic E-state index is 13.2. The van der Waals surface area contributed by atoms with E-state index >= 15 is 0 Å². The lowest BCUT2D eigenvalue weighted by molar-refractivity contribution is -0.142. The third kappa shape index (κ3) is 3.22. The molecule has 0 fully saturated rings. The van der Waals surface area contributed by atoms with Gasteiger partial charge in [-0.25, -0.2) is 13.2 Å². The number of ether oxygens (including phenoxy) is 1. The fourth-order valence-corrected chi connectivity index (χ4v) is 1.08. The van der Waals surface area contributed by atoms with Gasteiger partial charge in [0, 0.05) is 11.8 Å². The molecule has 0 atom stereocenters. The fourth-order valence-electron chi connectivity index (χ4n) is 1.08. The number of hydrogen-bond acceptors (Lipinski definition) is 3. The van der Waals surface area contributed by atoms with Gasteiger partial charge in [-0.3, -0.25) is 9.78 Å². The van der Waals surface area contributed by atoms with Gasteiger partial charge < -0.3 is 4.74 Å². The Labute approximate surface area is 90.2 Å². The predicted molar refractivity (Wildman–Crippen MR) is 49.5 cm³/mol. The van der Waals surface area contributed by atoms with Gasteiger partial charge in [-0.15, -0.1) is 0 Å². The van der Waals surface area contributed by atoms with Gasteiger partial charge in [-0.1, -0.05) is 0 Å². The number of hydrogen-bond donors (Lipinski definition) is 0. The van der Waals surface area contributed by atoms with E-state index in [0.29, 0.717) is 6.07 Å². The van der Waals surface area contributed by atoms with Crippen molar-refractivity contribution in [2.24, 2.45) is 0 Å². The van der Waals surface area contributed by atoms with Crippen molar-refractivity contribution < 1.29 is 22.7 Å². The van der Waals surface area contributed by atoms with Gasteiger partial charge in [0.2, 0.25) is 0 Å². The molecule has 0 aliphatic carbocycles. The van der Waals surface area contributed by atoms with Crippen LogP contribution in [0.1, 0.15) is 24.6 Å². The van der Waals surface area contributed by atoms with Crippen LogP contribution in [0.3, 0.4) is 0 Å². The monoisotopic (exact) mass is 233 g/mol. The molecule has 0 bridgehead atoms. The maximum Gasteiger partial charge on any atom is 0.311 e. The van der Waals surface area contributed by atoms with E-state index in [4.69, 9.17) is 0 Å². The zero-order valence-electron chi connectivity index (χ0n) is 8.54. The predicted octanol–water partition coefficient (Wildman–Crippen LogP) is 2.26. The van der Waals surface area contributed by atoms with E-state index in [-0.39, 0.29) is 18.7 Å². The lowest BCUT2D eigenvalue weighted by atomic mass is 10.2. The van der Waals surface area contributed by atoms with E-state index in [9.17, 15) is 18.0 Å². The molecule has 0 N–H and O–H groups in total. The van der Waals surface area contributed by atoms with Crippen LogP contribution in [0.15, 0.2) is 12.3 Å². The number of rotatable bonds is 4. The average molecular weight is 233 g/mol. The molecule has 1 aromatic heterocycles. The van der Waals surface area contributed by atoms with Crippen LogP contribution in [0.5, 0.6) is 0 Å². The smallest absolute Gasteiger partial charge is 0.311 e. The van der Waals surface area contributed by atoms with Crippen LogP contribution in [0.2, 0.25) is 0 Å². The van der Waals surface area contributed by atoms with E-state index in [0.717, 1.165) is 6.20 Å². The summed E-state index contributed by atoms with van der Waals surface area (Å²) < 4.78 is 42.1. The van der Waals surface area contributed by atoms with Crippen LogP contribution in [0.25, 0.3) is 0 Å². The molecule has 1 heterocycles. The lowest BCUT2D eigenvalue weighted by Gasteiger charge is -2.04. The standard InChI is InChI=1S/C10H10F3NO2/c1-2-16-9(15)4-8-7(11)3-6(5-14-8)10(12)13/h3,5,10H,2,4H2,1H3. The quantitative estimate of drug-likeness (QED) is 0.749. The van der Waals surface area contributed by atoms with Gasteiger partial charge in [0.05, 0.1) is 18.7 Å². The number of nitrogens with zero attached hydrogens (tertiary/aromatic N) is 1. The Kier molecular flexibility index (Phi) is 4.28. The Balaban J connectivity index is 2.79. The summed E-state index contributed by atoms with van der Waals surface area (Å²) in [6, 6.07) is 0.673. The molecule has 0 saturated carbocycles. The average Bonchev–Trinajstić information content (AvgIpc) is 2.21. The second kappa shape index (κ2) is 5.48. The van der Waals surface area contributed by atoms with Gasteiger partial charge in [0.25, 0.3) is 6.43 Å². The summed E-state index contributed by atoms with van der Waals surface area (Å²) in [5.41, 5.74) is -0.701. The van der Waals surface area contributed by atoms with Crippen molar-refractivity contribution >= 4 is 5.97 Å². The molecule has 0 spiro atoms. The largest absolute Gasteiger partial charge is 0.466 e. The van der Waals surface area contributed by atoms with Crippen molar-refractivity contribution in [2.45, 2.75) is 19.8 Å². The van der Waals surface area contributed by atoms with E-state index in [1.54, 1.807) is 6.92 Å². The highest BCUT2D eigenvalue weighted by Crippen LogP contribution is 2.19. The van der Waals surface area contributed by atoms with E-state index in [1.165, 1.54) is 0 Å². The Morgan fingerprint density at radius 2 is 2.25 bits per heavy atom. The second-order valence-corrected chi connectivity index (χ2v) is 2.98. The molecule has 6 heteroatoms. The number of aromatic nitrogens is 1. The van der Waals surface area contributed by atoms with Crippen molar-refractivity contribution in [3.63, 3.8) is 0 Å². The molecule has 0 saturated heterocycles. The summed E-state index contributed by atoms with van der Waals surface area (Å²) in [4.78, 5) is 14.5. The number of carbonyl (C=O) groups is 1. The molecule has 16 heavy (non-hydrogen) atoms. The van der Waals surface area contributed by atoms with Crippen LogP contribution >= 0.6 is 0 Å². The fraction of sp³-hybridized carbons (Fsp3) is 0.400. The Bertz CT molecular complexity index is 382. The highest BCUT2D eigenvalue weighted by Gasteiger charge is 2.14. The molecule has 0 radical (unpaired) electrons. The third-order valence-electron chi connectivity index (χ3n) is 1.81. The molecular weight excluding hydrogens is 223 g/mol. The molecule has 88 valence electrons. The normalized spacial score (nSPS) is 10.6. The minimum absolute atomic E-state index is 0.176. The topological polar surface area (TPSA) is 39.2 Å². The van der Waals surface area contributed by atoms with E-state index < -0.39 is 23.8 Å². The van der Waals surface area contributed by atoms with Crippen molar-refractivity contribution in [3.05, 3.63) is 29.3 Å². The summed E-state index contributed by atoms with van der Waals surface area (Å²) in [5, 5.41) is 0. The molecule has 0 aromatic carbocycles. The molecular formula is C10H10F3NO2. The van der Waals surface area contributed by atoms with Gasteiger partial charge in [0.1, 0.15) is 5.82 Å². The van der Waals surface area contributed by atoms with Crippen molar-refractivity contribution in [3.8, 4) is 0 Å². The highest BCUT2D eigenvalue weighted by atomic mass is 19.3. The minimum Gasteiger partial charge on any atom is -0.466 e. The highest BCUT2D eigenvalue weighted by molar-refractivity contribution is 5.72. The molecule has 3 nitrogen and oxygen atoms in total. The first-order chi connectivity index (χ1) is 7.54. The van der Waals surface area contributed by atoms with Crippen LogP contribution in [0.4, 0.5) is 13.2 Å². The Morgan fingerprint density at radius 3 is 2.75 bits per heavy atom. The third-order valence-corrected chi connectivity index (χ3v) is 1.81. The summed E-state index contributed by atoms with van der Waals surface area (Å²) in [6.07, 6.45) is -2.29. The molecule has 0 unspecified atom stereocenters. The van der Waals surface area contributed by atoms with Crippen molar-refractivity contribution in [1.29, 1.82) is 0 Å². The van der Waals surface area contributed by atoms with Gasteiger partial charge in [-0.2, -0.15) is 0 Å². The zero-order valence-corrected chi connectivity index (χ0v) is 8.54. The molecule has 0 amide bonds. The first-order valence-corrected chi connectivity index (χ1v) is 4.62. The number of carbonyl (C=O) groups excluding carboxylic acids is 1. The first-order valence-electron chi connectivity index (χ1n) is 4.62. The Morgan fingerprint density at radius 1 is 1.56 bits per heavy atom. The minimum atomic E-state index is -2.78. The molecule has 0 aliphatic rings. The molecule has 1 rings (SSSR count). The molecule has 1 aromatic rings. The van der Waals surface area contributed by atoms with E-state index in [1.807, 2.05) is 0 Å². The van der Waals surface area contributed by atoms with Crippen molar-refractivity contribution in [1.82, 2.24) is 4.98 Å². The summed E-state index contributed by atoms with van der Waals surface area (Å²) in [7, 11) is 0. The summed E-state index contributed by atoms with van der Waals surface area (Å²) in [6.45, 7) is 1.79. The summed E-state index contributed by atoms with van der Waals surface area (Å²) in [5.74, 6) is -1.57. The lowest BCUT2D eigenvalue weighted by Crippen LogP contribution is -2.10. The van der Waals surface area contributed by atoms with Crippen molar-refractivity contribution in [2.75, 3.05) is 6.61 Å². The number of alkyl halides is 2. The van der Waals surface area contributed by atoms with Crippen LogP contribution in [-0.4, -0.2) is 17.6 Å². The summed E-state index contributed by atoms with van der Waals surface area (Å²) >= 11 is 0. The van der Waals surface area contributed by atoms with Crippen LogP contribution in [0, 0.1) is 5.82 Å². The van der Waals surface area contributed by atoms with Gasteiger partial charge in [0.15, 0.2) is 0 Å². The SMILES string of the molecule is CCOC(=O)Cc1ncc(C(F)F)cc1F. The number of esters is 1. The van der Waals surface area contributed by atoms with Gasteiger partial charge >= 0.3 is 5.97 Å². The van der Waals surface area contributed by atoms with Crippen LogP contribution < -0.4 is 0 Å². The van der Waals surface area contributed by atoms with E-state index in [2.05, 4.69) is 9.72 Å². The zero-order chi connectivity index (χ0) is 12.1.